The monoisotopic (exact) mass is 511 g/mol. The maximum absolute atomic E-state index is 13.5. The summed E-state index contributed by atoms with van der Waals surface area (Å²) in [5, 5.41) is 2.50. The van der Waals surface area contributed by atoms with Gasteiger partial charge in [-0.25, -0.2) is 8.78 Å². The molecule has 0 fully saturated rings. The SMILES string of the molecule is COc1cc(OC(F)(F)F)ccc1Oc1cc(C(F)F)cc(C)c1C(=O)Nc1ccnc(C(N)=O)c1. The van der Waals surface area contributed by atoms with E-state index in [1.807, 2.05) is 0 Å². The molecule has 0 aliphatic rings. The van der Waals surface area contributed by atoms with E-state index in [1.54, 1.807) is 0 Å². The minimum Gasteiger partial charge on any atom is -0.493 e. The number of benzene rings is 2. The Labute approximate surface area is 200 Å². The zero-order chi connectivity index (χ0) is 26.6. The molecule has 0 atom stereocenters. The Hall–Kier alpha value is -4.42. The lowest BCUT2D eigenvalue weighted by atomic mass is 10.0. The van der Waals surface area contributed by atoms with Gasteiger partial charge in [-0.1, -0.05) is 0 Å². The first kappa shape index (κ1) is 26.2. The predicted molar refractivity (Wildman–Crippen MR) is 117 cm³/mol. The lowest BCUT2D eigenvalue weighted by Crippen LogP contribution is -2.17. The van der Waals surface area contributed by atoms with Crippen LogP contribution in [0.2, 0.25) is 0 Å². The molecular formula is C23H18F5N3O5. The summed E-state index contributed by atoms with van der Waals surface area (Å²) in [5.74, 6) is -2.95. The van der Waals surface area contributed by atoms with Crippen molar-refractivity contribution in [3.05, 3.63) is 71.0 Å². The summed E-state index contributed by atoms with van der Waals surface area (Å²) in [4.78, 5) is 28.2. The molecule has 0 saturated carbocycles. The van der Waals surface area contributed by atoms with E-state index >= 15 is 0 Å². The highest BCUT2D eigenvalue weighted by Gasteiger charge is 2.31. The topological polar surface area (TPSA) is 113 Å². The van der Waals surface area contributed by atoms with E-state index in [-0.39, 0.29) is 39.8 Å². The second kappa shape index (κ2) is 10.5. The summed E-state index contributed by atoms with van der Waals surface area (Å²) in [6.45, 7) is 1.40. The Morgan fingerprint density at radius 3 is 2.36 bits per heavy atom. The number of hydrogen-bond donors (Lipinski definition) is 2. The van der Waals surface area contributed by atoms with Gasteiger partial charge >= 0.3 is 6.36 Å². The van der Waals surface area contributed by atoms with Crippen LogP contribution in [0.3, 0.4) is 0 Å². The fourth-order valence-electron chi connectivity index (χ4n) is 3.16. The van der Waals surface area contributed by atoms with Gasteiger partial charge in [0.2, 0.25) is 0 Å². The number of aryl methyl sites for hydroxylation is 1. The summed E-state index contributed by atoms with van der Waals surface area (Å²) >= 11 is 0. The van der Waals surface area contributed by atoms with Gasteiger partial charge in [-0.15, -0.1) is 13.2 Å². The number of nitrogens with one attached hydrogen (secondary N) is 1. The first-order valence-electron chi connectivity index (χ1n) is 9.99. The highest BCUT2D eigenvalue weighted by atomic mass is 19.4. The molecule has 3 N–H and O–H groups in total. The van der Waals surface area contributed by atoms with Crippen LogP contribution in [0.1, 0.15) is 38.4 Å². The highest BCUT2D eigenvalue weighted by molar-refractivity contribution is 6.07. The number of rotatable bonds is 8. The van der Waals surface area contributed by atoms with Crippen LogP contribution in [0.15, 0.2) is 48.7 Å². The Bertz CT molecular complexity index is 1300. The largest absolute Gasteiger partial charge is 0.573 e. The van der Waals surface area contributed by atoms with Crippen molar-refractivity contribution in [2.24, 2.45) is 5.73 Å². The number of nitrogens with two attached hydrogens (primary N) is 1. The smallest absolute Gasteiger partial charge is 0.493 e. The first-order chi connectivity index (χ1) is 16.9. The molecule has 0 aliphatic heterocycles. The number of hydrogen-bond acceptors (Lipinski definition) is 6. The second-order valence-corrected chi connectivity index (χ2v) is 7.22. The molecule has 0 radical (unpaired) electrons. The van der Waals surface area contributed by atoms with Crippen molar-refractivity contribution in [1.29, 1.82) is 0 Å². The fourth-order valence-corrected chi connectivity index (χ4v) is 3.16. The number of alkyl halides is 5. The number of amides is 2. The number of anilines is 1. The van der Waals surface area contributed by atoms with Crippen LogP contribution in [0, 0.1) is 6.92 Å². The van der Waals surface area contributed by atoms with E-state index in [2.05, 4.69) is 15.0 Å². The third-order valence-electron chi connectivity index (χ3n) is 4.66. The van der Waals surface area contributed by atoms with Gasteiger partial charge in [0.15, 0.2) is 11.5 Å². The van der Waals surface area contributed by atoms with E-state index in [1.165, 1.54) is 25.3 Å². The maximum atomic E-state index is 13.5. The van der Waals surface area contributed by atoms with E-state index in [0.29, 0.717) is 0 Å². The minimum atomic E-state index is -4.96. The number of methoxy groups -OCH3 is 1. The van der Waals surface area contributed by atoms with Gasteiger partial charge in [0.1, 0.15) is 17.2 Å². The third-order valence-corrected chi connectivity index (χ3v) is 4.66. The molecule has 13 heteroatoms. The van der Waals surface area contributed by atoms with Crippen LogP contribution >= 0.6 is 0 Å². The molecule has 0 spiro atoms. The number of primary amides is 1. The molecule has 0 unspecified atom stereocenters. The summed E-state index contributed by atoms with van der Waals surface area (Å²) in [5.41, 5.74) is 4.69. The number of carbonyl (C=O) groups is 2. The van der Waals surface area contributed by atoms with E-state index in [9.17, 15) is 31.5 Å². The van der Waals surface area contributed by atoms with Gasteiger partial charge < -0.3 is 25.3 Å². The molecule has 2 aromatic carbocycles. The van der Waals surface area contributed by atoms with Crippen molar-refractivity contribution >= 4 is 17.5 Å². The number of carbonyl (C=O) groups excluding carboxylic acids is 2. The van der Waals surface area contributed by atoms with Crippen LogP contribution < -0.4 is 25.3 Å². The van der Waals surface area contributed by atoms with Crippen LogP contribution in [0.25, 0.3) is 0 Å². The number of pyridine rings is 1. The molecule has 0 aliphatic carbocycles. The number of ether oxygens (including phenoxy) is 3. The van der Waals surface area contributed by atoms with Crippen molar-refractivity contribution < 1.29 is 45.8 Å². The van der Waals surface area contributed by atoms with Crippen molar-refractivity contribution in [2.75, 3.05) is 12.4 Å². The van der Waals surface area contributed by atoms with Crippen LogP contribution in [-0.2, 0) is 0 Å². The Morgan fingerprint density at radius 2 is 1.75 bits per heavy atom. The number of aromatic nitrogens is 1. The molecule has 2 amide bonds. The molecule has 190 valence electrons. The molecule has 3 aromatic rings. The summed E-state index contributed by atoms with van der Waals surface area (Å²) in [6.07, 6.45) is -6.64. The standard InChI is InChI=1S/C23H18F5N3O5/c1-11-7-12(20(24)25)8-18(19(11)22(33)31-13-5-6-30-15(9-13)21(29)32)35-16-4-3-14(10-17(16)34-2)36-23(26,27)28/h3-10,20H,1-2H3,(H2,29,32)(H,30,31,33). The van der Waals surface area contributed by atoms with Crippen molar-refractivity contribution in [1.82, 2.24) is 4.98 Å². The Balaban J connectivity index is 2.02. The lowest BCUT2D eigenvalue weighted by Gasteiger charge is -2.18. The van der Waals surface area contributed by atoms with Gasteiger partial charge in [0.05, 0.1) is 12.7 Å². The molecule has 0 bridgehead atoms. The van der Waals surface area contributed by atoms with Crippen molar-refractivity contribution in [3.63, 3.8) is 0 Å². The van der Waals surface area contributed by atoms with Gasteiger partial charge in [0, 0.05) is 23.5 Å². The number of halogens is 5. The molecule has 1 aromatic heterocycles. The number of nitrogens with zero attached hydrogens (tertiary/aromatic N) is 1. The molecule has 0 saturated heterocycles. The summed E-state index contributed by atoms with van der Waals surface area (Å²) in [6, 6.07) is 7.47. The van der Waals surface area contributed by atoms with Crippen LogP contribution in [0.5, 0.6) is 23.0 Å². The Morgan fingerprint density at radius 1 is 1.03 bits per heavy atom. The Kier molecular flexibility index (Phi) is 7.61. The van der Waals surface area contributed by atoms with Crippen molar-refractivity contribution in [3.8, 4) is 23.0 Å². The van der Waals surface area contributed by atoms with Gasteiger partial charge in [-0.3, -0.25) is 14.6 Å². The third kappa shape index (κ3) is 6.37. The van der Waals surface area contributed by atoms with Gasteiger partial charge in [-0.05, 0) is 48.9 Å². The normalized spacial score (nSPS) is 11.2. The quantitative estimate of drug-likeness (QED) is 0.393. The van der Waals surface area contributed by atoms with Crippen LogP contribution in [-0.4, -0.2) is 30.3 Å². The van der Waals surface area contributed by atoms with E-state index in [0.717, 1.165) is 37.4 Å². The van der Waals surface area contributed by atoms with Crippen molar-refractivity contribution in [2.45, 2.75) is 19.7 Å². The minimum absolute atomic E-state index is 0.112. The molecule has 36 heavy (non-hydrogen) atoms. The molecule has 8 nitrogen and oxygen atoms in total. The van der Waals surface area contributed by atoms with Crippen LogP contribution in [0.4, 0.5) is 27.6 Å². The maximum Gasteiger partial charge on any atom is 0.573 e. The zero-order valence-corrected chi connectivity index (χ0v) is 18.7. The molecule has 3 rings (SSSR count). The van der Waals surface area contributed by atoms with E-state index in [4.69, 9.17) is 15.2 Å². The average Bonchev–Trinajstić information content (AvgIpc) is 2.78. The first-order valence-corrected chi connectivity index (χ1v) is 9.99. The average molecular weight is 511 g/mol. The highest BCUT2D eigenvalue weighted by Crippen LogP contribution is 2.39. The fraction of sp³-hybridized carbons (Fsp3) is 0.174. The summed E-state index contributed by atoms with van der Waals surface area (Å²) < 4.78 is 79.1. The van der Waals surface area contributed by atoms with E-state index < -0.39 is 35.9 Å². The van der Waals surface area contributed by atoms with Gasteiger partial charge in [-0.2, -0.15) is 0 Å². The predicted octanol–water partition coefficient (Wildman–Crippen LogP) is 5.38. The molecular weight excluding hydrogens is 493 g/mol. The second-order valence-electron chi connectivity index (χ2n) is 7.22. The van der Waals surface area contributed by atoms with Gasteiger partial charge in [0.25, 0.3) is 18.2 Å². The molecule has 1 heterocycles. The lowest BCUT2D eigenvalue weighted by molar-refractivity contribution is -0.274. The zero-order valence-electron chi connectivity index (χ0n) is 18.7. The summed E-state index contributed by atoms with van der Waals surface area (Å²) in [7, 11) is 1.15.